The number of hydrogen-bond acceptors (Lipinski definition) is 8. The fourth-order valence-electron chi connectivity index (χ4n) is 3.44. The van der Waals surface area contributed by atoms with Crippen LogP contribution >= 0.6 is 23.4 Å². The highest BCUT2D eigenvalue weighted by Gasteiger charge is 2.33. The Balaban J connectivity index is 2.45. The first-order valence-electron chi connectivity index (χ1n) is 11.3. The van der Waals surface area contributed by atoms with Gasteiger partial charge in [0, 0.05) is 29.1 Å². The Labute approximate surface area is 213 Å². The molecule has 0 N–H and O–H groups in total. The van der Waals surface area contributed by atoms with Gasteiger partial charge in [0.2, 0.25) is 5.91 Å². The molecule has 192 valence electrons. The molecular formula is C24H29ClFNO7S. The van der Waals surface area contributed by atoms with Gasteiger partial charge in [0.25, 0.3) is 5.91 Å². The number of benzene rings is 1. The summed E-state index contributed by atoms with van der Waals surface area (Å²) in [5.74, 6) is -3.58. The van der Waals surface area contributed by atoms with Gasteiger partial charge in [-0.15, -0.1) is 11.8 Å². The number of hydrogen-bond donors (Lipinski definition) is 0. The molecule has 1 aromatic rings. The van der Waals surface area contributed by atoms with E-state index in [9.17, 15) is 19.2 Å². The van der Waals surface area contributed by atoms with Crippen LogP contribution in [0.1, 0.15) is 46.0 Å². The van der Waals surface area contributed by atoms with E-state index in [-0.39, 0.29) is 53.7 Å². The van der Waals surface area contributed by atoms with Crippen LogP contribution in [-0.2, 0) is 33.4 Å². The van der Waals surface area contributed by atoms with Crippen molar-refractivity contribution in [3.8, 4) is 0 Å². The van der Waals surface area contributed by atoms with Gasteiger partial charge >= 0.3 is 11.9 Å². The number of methoxy groups -OCH3 is 1. The molecule has 35 heavy (non-hydrogen) atoms. The predicted octanol–water partition coefficient (Wildman–Crippen LogP) is 4.46. The summed E-state index contributed by atoms with van der Waals surface area (Å²) in [6, 6.07) is 2.23. The van der Waals surface area contributed by atoms with Gasteiger partial charge in [-0.3, -0.25) is 14.4 Å². The van der Waals surface area contributed by atoms with Crippen LogP contribution in [0.2, 0.25) is 5.02 Å². The molecule has 0 atom stereocenters. The van der Waals surface area contributed by atoms with Crippen molar-refractivity contribution in [3.63, 3.8) is 0 Å². The van der Waals surface area contributed by atoms with E-state index in [1.54, 1.807) is 6.92 Å². The summed E-state index contributed by atoms with van der Waals surface area (Å²) < 4.78 is 30.0. The van der Waals surface area contributed by atoms with Gasteiger partial charge in [-0.2, -0.15) is 0 Å². The van der Waals surface area contributed by atoms with E-state index >= 15 is 4.39 Å². The number of amides is 2. The average Bonchev–Trinajstić information content (AvgIpc) is 2.86. The Morgan fingerprint density at radius 1 is 1.09 bits per heavy atom. The summed E-state index contributed by atoms with van der Waals surface area (Å²) >= 11 is 7.11. The first-order chi connectivity index (χ1) is 16.7. The molecule has 0 heterocycles. The van der Waals surface area contributed by atoms with Crippen LogP contribution in [0.5, 0.6) is 0 Å². The summed E-state index contributed by atoms with van der Waals surface area (Å²) in [4.78, 5) is 51.7. The molecule has 2 rings (SSSR count). The third-order valence-corrected chi connectivity index (χ3v) is 6.66. The number of rotatable bonds is 11. The highest BCUT2D eigenvalue weighted by Crippen LogP contribution is 2.36. The lowest BCUT2D eigenvalue weighted by Crippen LogP contribution is -2.39. The lowest BCUT2D eigenvalue weighted by atomic mass is 9.90. The molecule has 11 heteroatoms. The fourth-order valence-corrected chi connectivity index (χ4v) is 4.53. The largest absolute Gasteiger partial charge is 0.468 e. The molecule has 0 saturated heterocycles. The Morgan fingerprint density at radius 3 is 2.40 bits per heavy atom. The normalized spacial score (nSPS) is 13.4. The molecule has 1 aromatic carbocycles. The topological polar surface area (TPSA) is 99.2 Å². The van der Waals surface area contributed by atoms with Crippen LogP contribution < -0.4 is 4.90 Å². The second kappa shape index (κ2) is 14.2. The molecule has 1 aliphatic rings. The number of nitrogens with zero attached hydrogens (tertiary/aromatic N) is 1. The van der Waals surface area contributed by atoms with E-state index in [0.717, 1.165) is 22.7 Å². The van der Waals surface area contributed by atoms with E-state index in [2.05, 4.69) is 4.74 Å². The van der Waals surface area contributed by atoms with Gasteiger partial charge in [0.05, 0.1) is 30.2 Å². The Kier molecular flexibility index (Phi) is 11.7. The Bertz CT molecular complexity index is 998. The molecule has 0 unspecified atom stereocenters. The average molecular weight is 530 g/mol. The summed E-state index contributed by atoms with van der Waals surface area (Å²) in [5.41, 5.74) is -0.000334. The maximum atomic E-state index is 15.0. The quantitative estimate of drug-likeness (QED) is 0.235. The Morgan fingerprint density at radius 2 is 1.77 bits per heavy atom. The minimum atomic E-state index is -0.884. The molecule has 2 amide bonds. The lowest BCUT2D eigenvalue weighted by Gasteiger charge is -2.26. The van der Waals surface area contributed by atoms with Crippen molar-refractivity contribution in [2.75, 3.05) is 37.6 Å². The van der Waals surface area contributed by atoms with Crippen LogP contribution in [0, 0.1) is 5.82 Å². The third-order valence-electron chi connectivity index (χ3n) is 5.21. The molecule has 0 aromatic heterocycles. The second-order valence-corrected chi connectivity index (χ2v) is 8.91. The highest BCUT2D eigenvalue weighted by molar-refractivity contribution is 8.00. The molecule has 0 bridgehead atoms. The number of anilines is 1. The second-order valence-electron chi connectivity index (χ2n) is 7.48. The van der Waals surface area contributed by atoms with Crippen molar-refractivity contribution in [2.45, 2.75) is 50.8 Å². The molecule has 0 aliphatic heterocycles. The maximum absolute atomic E-state index is 15.0. The van der Waals surface area contributed by atoms with Crippen LogP contribution in [0.3, 0.4) is 0 Å². The summed E-state index contributed by atoms with van der Waals surface area (Å²) in [6.07, 6.45) is 1.79. The van der Waals surface area contributed by atoms with E-state index in [4.69, 9.17) is 21.1 Å². The predicted molar refractivity (Wildman–Crippen MR) is 130 cm³/mol. The van der Waals surface area contributed by atoms with E-state index in [1.165, 1.54) is 13.2 Å². The zero-order chi connectivity index (χ0) is 26.0. The van der Waals surface area contributed by atoms with Gasteiger partial charge < -0.3 is 14.2 Å². The third kappa shape index (κ3) is 7.78. The summed E-state index contributed by atoms with van der Waals surface area (Å²) in [5, 5.41) is 0.0203. The first-order valence-corrected chi connectivity index (χ1v) is 12.6. The number of carbonyl (C=O) groups excluding carboxylic acids is 4. The summed E-state index contributed by atoms with van der Waals surface area (Å²) in [6.45, 7) is 4.09. The number of carbonyl (C=O) groups is 4. The van der Waals surface area contributed by atoms with Crippen molar-refractivity contribution in [3.05, 3.63) is 34.1 Å². The van der Waals surface area contributed by atoms with Crippen molar-refractivity contribution >= 4 is 52.8 Å². The van der Waals surface area contributed by atoms with Crippen molar-refractivity contribution in [2.24, 2.45) is 0 Å². The SMILES string of the molecule is CCOCCOC(=O)C1=C(C(=O)N(C(=O)CC)c2cc(SCC(=O)OC)c(Cl)cc2F)CCCC1. The molecule has 0 spiro atoms. The van der Waals surface area contributed by atoms with E-state index in [1.807, 2.05) is 6.92 Å². The van der Waals surface area contributed by atoms with Gasteiger partial charge in [-0.1, -0.05) is 18.5 Å². The van der Waals surface area contributed by atoms with E-state index in [0.29, 0.717) is 30.8 Å². The van der Waals surface area contributed by atoms with E-state index < -0.39 is 29.6 Å². The van der Waals surface area contributed by atoms with Gasteiger partial charge in [-0.25, -0.2) is 14.1 Å². The van der Waals surface area contributed by atoms with Crippen molar-refractivity contribution in [1.82, 2.24) is 0 Å². The van der Waals surface area contributed by atoms with Crippen LogP contribution in [-0.4, -0.2) is 56.4 Å². The molecular weight excluding hydrogens is 501 g/mol. The Hall–Kier alpha value is -2.43. The smallest absolute Gasteiger partial charge is 0.334 e. The minimum Gasteiger partial charge on any atom is -0.468 e. The number of thioether (sulfide) groups is 1. The maximum Gasteiger partial charge on any atom is 0.334 e. The number of ether oxygens (including phenoxy) is 3. The summed E-state index contributed by atoms with van der Waals surface area (Å²) in [7, 11) is 1.23. The standard InChI is InChI=1S/C24H29ClFNO7S/c1-4-21(28)27(19-13-20(17(25)12-18(19)26)35-14-22(29)32-3)23(30)15-8-6-7-9-16(15)24(31)34-11-10-33-5-2/h12-13H,4-11,14H2,1-3H3. The van der Waals surface area contributed by atoms with Crippen molar-refractivity contribution < 1.29 is 37.8 Å². The molecule has 0 saturated carbocycles. The van der Waals surface area contributed by atoms with Crippen LogP contribution in [0.4, 0.5) is 10.1 Å². The number of halogens is 2. The van der Waals surface area contributed by atoms with Crippen LogP contribution in [0.15, 0.2) is 28.2 Å². The highest BCUT2D eigenvalue weighted by atomic mass is 35.5. The zero-order valence-electron chi connectivity index (χ0n) is 20.0. The molecule has 0 fully saturated rings. The van der Waals surface area contributed by atoms with Gasteiger partial charge in [0.1, 0.15) is 12.4 Å². The minimum absolute atomic E-state index is 0.0203. The van der Waals surface area contributed by atoms with Gasteiger partial charge in [0.15, 0.2) is 0 Å². The van der Waals surface area contributed by atoms with Gasteiger partial charge in [-0.05, 0) is 44.7 Å². The monoisotopic (exact) mass is 529 g/mol. The van der Waals surface area contributed by atoms with Crippen LogP contribution in [0.25, 0.3) is 0 Å². The molecule has 8 nitrogen and oxygen atoms in total. The first kappa shape index (κ1) is 28.8. The zero-order valence-corrected chi connectivity index (χ0v) is 21.6. The van der Waals surface area contributed by atoms with Crippen molar-refractivity contribution in [1.29, 1.82) is 0 Å². The number of imide groups is 1. The fraction of sp³-hybridized carbons (Fsp3) is 0.500. The molecule has 1 aliphatic carbocycles. The lowest BCUT2D eigenvalue weighted by molar-refractivity contribution is -0.141. The number of esters is 2. The molecule has 0 radical (unpaired) electrons.